The lowest BCUT2D eigenvalue weighted by Crippen LogP contribution is -2.60. The number of likely N-dealkylation sites (tertiary alicyclic amines) is 1. The van der Waals surface area contributed by atoms with Crippen LogP contribution in [0.4, 0.5) is 23.8 Å². The van der Waals surface area contributed by atoms with Gasteiger partial charge in [0.05, 0.1) is 51.0 Å². The van der Waals surface area contributed by atoms with Gasteiger partial charge in [0.2, 0.25) is 0 Å². The average molecular weight is 755 g/mol. The molecule has 0 radical (unpaired) electrons. The summed E-state index contributed by atoms with van der Waals surface area (Å²) in [5.41, 5.74) is -2.62. The third-order valence-electron chi connectivity index (χ3n) is 8.82. The monoisotopic (exact) mass is 754 g/mol. The molecule has 53 heavy (non-hydrogen) atoms. The van der Waals surface area contributed by atoms with Crippen molar-refractivity contribution in [1.82, 2.24) is 14.5 Å². The van der Waals surface area contributed by atoms with Crippen LogP contribution in [0.15, 0.2) is 87.0 Å². The summed E-state index contributed by atoms with van der Waals surface area (Å²) >= 11 is 0. The van der Waals surface area contributed by atoms with Crippen molar-refractivity contribution in [2.24, 2.45) is 0 Å². The van der Waals surface area contributed by atoms with E-state index in [2.05, 4.69) is 4.98 Å². The first-order chi connectivity index (χ1) is 25.0. The Morgan fingerprint density at radius 1 is 1.04 bits per heavy atom. The van der Waals surface area contributed by atoms with E-state index in [4.69, 9.17) is 18.6 Å². The number of carbonyl (C=O) groups excluding carboxylic acids is 1. The average Bonchev–Trinajstić information content (AvgIpc) is 3.44. The molecule has 16 heteroatoms. The topological polar surface area (TPSA) is 133 Å². The predicted octanol–water partition coefficient (Wildman–Crippen LogP) is 6.71. The molecular weight excluding hydrogens is 717 g/mol. The van der Waals surface area contributed by atoms with Gasteiger partial charge in [-0.1, -0.05) is 24.3 Å². The van der Waals surface area contributed by atoms with E-state index in [9.17, 15) is 22.4 Å². The number of benzene rings is 3. The molecule has 3 aromatic carbocycles. The molecule has 0 spiro atoms. The van der Waals surface area contributed by atoms with Crippen LogP contribution < -0.4 is 19.5 Å². The smallest absolute Gasteiger partial charge is 0.420 e. The van der Waals surface area contributed by atoms with E-state index in [0.29, 0.717) is 16.9 Å². The fraction of sp³-hybridized carbons (Fsp3) is 0.324. The molecule has 1 aliphatic heterocycles. The van der Waals surface area contributed by atoms with Gasteiger partial charge in [-0.25, -0.2) is 40.5 Å². The van der Waals surface area contributed by atoms with E-state index in [1.807, 2.05) is 0 Å². The number of rotatable bonds is 10. The van der Waals surface area contributed by atoms with Crippen molar-refractivity contribution < 1.29 is 45.0 Å². The van der Waals surface area contributed by atoms with Crippen LogP contribution in [0.1, 0.15) is 50.4 Å². The first-order valence-corrected chi connectivity index (χ1v) is 17.9. The third-order valence-corrected chi connectivity index (χ3v) is 10.5. The number of methoxy groups -OCH3 is 2. The van der Waals surface area contributed by atoms with Gasteiger partial charge in [0, 0.05) is 17.7 Å². The van der Waals surface area contributed by atoms with Crippen LogP contribution in [-0.2, 0) is 27.0 Å². The summed E-state index contributed by atoms with van der Waals surface area (Å²) in [7, 11) is -1.84. The van der Waals surface area contributed by atoms with Crippen LogP contribution in [0.25, 0.3) is 11.1 Å². The highest BCUT2D eigenvalue weighted by atomic mass is 32.2. The SMILES string of the molecule is COc1ccc(CN(c2ccc(F)cn2)S(=O)(=O)c2cc(F)c3c(c2)oc(=O)n3C(C)c2ccccc2C2(F)CN(C(=O)OC(C)(C)C)C2)c(OC)c1. The molecule has 0 N–H and O–H groups in total. The van der Waals surface area contributed by atoms with Gasteiger partial charge in [0.25, 0.3) is 10.0 Å². The van der Waals surface area contributed by atoms with Crippen molar-refractivity contribution in [2.75, 3.05) is 31.6 Å². The molecule has 1 aliphatic rings. The minimum Gasteiger partial charge on any atom is -0.497 e. The molecule has 1 atom stereocenters. The first-order valence-electron chi connectivity index (χ1n) is 16.4. The zero-order valence-corrected chi connectivity index (χ0v) is 30.5. The van der Waals surface area contributed by atoms with Gasteiger partial charge in [0.1, 0.15) is 34.3 Å². The number of hydrogen-bond donors (Lipinski definition) is 0. The van der Waals surface area contributed by atoms with Crippen molar-refractivity contribution in [3.63, 3.8) is 0 Å². The summed E-state index contributed by atoms with van der Waals surface area (Å²) in [4.78, 5) is 30.5. The Kier molecular flexibility index (Phi) is 9.70. The Morgan fingerprint density at radius 2 is 1.75 bits per heavy atom. The summed E-state index contributed by atoms with van der Waals surface area (Å²) in [6, 6.07) is 14.0. The number of fused-ring (bicyclic) bond motifs is 1. The number of amides is 1. The van der Waals surface area contributed by atoms with Gasteiger partial charge in [-0.15, -0.1) is 0 Å². The van der Waals surface area contributed by atoms with Gasteiger partial charge in [-0.05, 0) is 69.2 Å². The standard InChI is InChI=1S/C37H37F3N4O8S/c1-22(27-9-7-8-10-28(27)37(40)20-42(21-37)34(45)52-36(2,3)4)44-33-29(39)16-26(17-31(33)51-35(44)46)53(47,48)43(32-14-12-24(38)18-41-32)19-23-11-13-25(49-5)15-30(23)50-6/h7-18,22H,19-21H2,1-6H3. The van der Waals surface area contributed by atoms with Gasteiger partial charge in [-0.3, -0.25) is 4.57 Å². The summed E-state index contributed by atoms with van der Waals surface area (Å²) in [5, 5.41) is 0. The molecule has 0 saturated carbocycles. The molecule has 1 fully saturated rings. The molecule has 2 aromatic heterocycles. The molecule has 3 heterocycles. The summed E-state index contributed by atoms with van der Waals surface area (Å²) < 4.78 is 98.3. The third kappa shape index (κ3) is 7.14. The number of alkyl halides is 1. The minimum atomic E-state index is -4.68. The van der Waals surface area contributed by atoms with Gasteiger partial charge in [-0.2, -0.15) is 0 Å². The summed E-state index contributed by atoms with van der Waals surface area (Å²) in [6.45, 7) is 5.68. The molecule has 1 unspecified atom stereocenters. The fourth-order valence-corrected chi connectivity index (χ4v) is 7.69. The molecule has 12 nitrogen and oxygen atoms in total. The molecule has 280 valence electrons. The Balaban J connectivity index is 1.37. The number of ether oxygens (including phenoxy) is 3. The number of nitrogens with zero attached hydrogens (tertiary/aromatic N) is 4. The maximum Gasteiger partial charge on any atom is 0.420 e. The maximum atomic E-state index is 16.4. The van der Waals surface area contributed by atoms with Crippen LogP contribution in [-0.4, -0.2) is 61.9 Å². The molecule has 5 aromatic rings. The Labute approximate surface area is 303 Å². The number of aromatic nitrogens is 2. The Morgan fingerprint density at radius 3 is 2.40 bits per heavy atom. The Hall–Kier alpha value is -5.51. The number of hydrogen-bond acceptors (Lipinski definition) is 9. The lowest BCUT2D eigenvalue weighted by atomic mass is 9.83. The number of anilines is 1. The van der Waals surface area contributed by atoms with Crippen molar-refractivity contribution in [3.05, 3.63) is 112 Å². The van der Waals surface area contributed by atoms with Gasteiger partial charge < -0.3 is 23.5 Å². The fourth-order valence-electron chi connectivity index (χ4n) is 6.26. The van der Waals surface area contributed by atoms with E-state index in [0.717, 1.165) is 39.3 Å². The van der Waals surface area contributed by atoms with Crippen LogP contribution in [0.2, 0.25) is 0 Å². The van der Waals surface area contributed by atoms with E-state index in [1.165, 1.54) is 25.2 Å². The summed E-state index contributed by atoms with van der Waals surface area (Å²) in [5.74, 6) is -2.31. The Bertz CT molecular complexity index is 2350. The highest BCUT2D eigenvalue weighted by Gasteiger charge is 2.50. The number of sulfonamides is 1. The van der Waals surface area contributed by atoms with Crippen LogP contribution >= 0.6 is 0 Å². The van der Waals surface area contributed by atoms with Crippen molar-refractivity contribution in [1.29, 1.82) is 0 Å². The van der Waals surface area contributed by atoms with Crippen molar-refractivity contribution >= 4 is 33.0 Å². The second kappa shape index (κ2) is 13.8. The zero-order chi connectivity index (χ0) is 38.5. The van der Waals surface area contributed by atoms with Gasteiger partial charge in [0.15, 0.2) is 17.1 Å². The number of carbonyl (C=O) groups is 1. The largest absolute Gasteiger partial charge is 0.497 e. The minimum absolute atomic E-state index is 0.185. The van der Waals surface area contributed by atoms with E-state index in [1.54, 1.807) is 64.1 Å². The second-order valence-electron chi connectivity index (χ2n) is 13.6. The molecule has 1 amide bonds. The first kappa shape index (κ1) is 37.3. The molecule has 0 aliphatic carbocycles. The van der Waals surface area contributed by atoms with Gasteiger partial charge >= 0.3 is 11.8 Å². The molecular formula is C37H37F3N4O8S. The lowest BCUT2D eigenvalue weighted by Gasteiger charge is -2.45. The normalized spacial score (nSPS) is 14.8. The zero-order valence-electron chi connectivity index (χ0n) is 29.7. The predicted molar refractivity (Wildman–Crippen MR) is 188 cm³/mol. The second-order valence-corrected chi connectivity index (χ2v) is 15.4. The lowest BCUT2D eigenvalue weighted by molar-refractivity contribution is -0.0542. The maximum absolute atomic E-state index is 16.4. The van der Waals surface area contributed by atoms with E-state index in [-0.39, 0.29) is 47.9 Å². The number of pyridine rings is 1. The van der Waals surface area contributed by atoms with E-state index < -0.39 is 55.7 Å². The number of halogens is 3. The van der Waals surface area contributed by atoms with Crippen LogP contribution in [0, 0.1) is 11.6 Å². The highest BCUT2D eigenvalue weighted by molar-refractivity contribution is 7.92. The van der Waals surface area contributed by atoms with Crippen LogP contribution in [0.3, 0.4) is 0 Å². The summed E-state index contributed by atoms with van der Waals surface area (Å²) in [6.07, 6.45) is 0.170. The number of oxazole rings is 1. The molecule has 1 saturated heterocycles. The quantitative estimate of drug-likeness (QED) is 0.153. The van der Waals surface area contributed by atoms with Crippen LogP contribution in [0.5, 0.6) is 11.5 Å². The van der Waals surface area contributed by atoms with Crippen molar-refractivity contribution in [3.8, 4) is 11.5 Å². The van der Waals surface area contributed by atoms with E-state index >= 15 is 8.78 Å². The molecule has 0 bridgehead atoms. The molecule has 6 rings (SSSR count). The highest BCUT2D eigenvalue weighted by Crippen LogP contribution is 2.41. The van der Waals surface area contributed by atoms with Crippen molar-refractivity contribution in [2.45, 2.75) is 56.4 Å².